The summed E-state index contributed by atoms with van der Waals surface area (Å²) in [6.07, 6.45) is 9.79. The van der Waals surface area contributed by atoms with Crippen LogP contribution >= 0.6 is 0 Å². The summed E-state index contributed by atoms with van der Waals surface area (Å²) in [5.74, 6) is 0.907. The van der Waals surface area contributed by atoms with Crippen LogP contribution in [0.3, 0.4) is 0 Å². The van der Waals surface area contributed by atoms with Crippen LogP contribution in [0.25, 0.3) is 16.9 Å². The number of aliphatic hydroxyl groups excluding tert-OH is 1. The first-order valence-electron chi connectivity index (χ1n) is 10.8. The first kappa shape index (κ1) is 18.6. The summed E-state index contributed by atoms with van der Waals surface area (Å²) < 4.78 is 2.13. The van der Waals surface area contributed by atoms with Crippen LogP contribution in [0.5, 0.6) is 0 Å². The number of hydrogen-bond donors (Lipinski definition) is 1. The van der Waals surface area contributed by atoms with Crippen molar-refractivity contribution >= 4 is 11.5 Å². The van der Waals surface area contributed by atoms with Gasteiger partial charge >= 0.3 is 0 Å². The molecular weight excluding hydrogens is 362 g/mol. The van der Waals surface area contributed by atoms with Crippen molar-refractivity contribution in [2.75, 3.05) is 31.1 Å². The quantitative estimate of drug-likeness (QED) is 0.738. The fourth-order valence-corrected chi connectivity index (χ4v) is 4.69. The smallest absolute Gasteiger partial charge is 0.180 e. The molecular formula is C23H29N5O. The van der Waals surface area contributed by atoms with E-state index in [1.807, 2.05) is 18.6 Å². The third-order valence-electron chi connectivity index (χ3n) is 6.55. The Morgan fingerprint density at radius 1 is 1.00 bits per heavy atom. The Morgan fingerprint density at radius 3 is 2.45 bits per heavy atom. The highest BCUT2D eigenvalue weighted by atomic mass is 16.3. The van der Waals surface area contributed by atoms with Gasteiger partial charge in [0.2, 0.25) is 0 Å². The number of fused-ring (bicyclic) bond motifs is 1. The van der Waals surface area contributed by atoms with Gasteiger partial charge in [-0.25, -0.2) is 9.97 Å². The largest absolute Gasteiger partial charge is 0.393 e. The molecule has 6 heteroatoms. The number of piperidine rings is 1. The summed E-state index contributed by atoms with van der Waals surface area (Å²) in [5, 5.41) is 9.80. The molecule has 1 unspecified atom stereocenters. The summed E-state index contributed by atoms with van der Waals surface area (Å²) in [7, 11) is 0. The van der Waals surface area contributed by atoms with E-state index in [-0.39, 0.29) is 6.10 Å². The molecule has 2 aliphatic heterocycles. The molecule has 2 aliphatic rings. The number of hydrogen-bond acceptors (Lipinski definition) is 5. The number of nitrogens with zero attached hydrogens (tertiary/aromatic N) is 5. The van der Waals surface area contributed by atoms with E-state index >= 15 is 0 Å². The van der Waals surface area contributed by atoms with Crippen molar-refractivity contribution in [2.24, 2.45) is 0 Å². The van der Waals surface area contributed by atoms with E-state index in [2.05, 4.69) is 50.4 Å². The molecule has 0 bridgehead atoms. The Balaban J connectivity index is 1.42. The van der Waals surface area contributed by atoms with Crippen molar-refractivity contribution in [3.63, 3.8) is 0 Å². The fraction of sp³-hybridized carbons (Fsp3) is 0.478. The predicted octanol–water partition coefficient (Wildman–Crippen LogP) is 3.51. The SMILES string of the molecule is CC(c1ccc(-c2cnc3c(N4CCC(O)CC4)nccn23)cc1)N1CCCC1. The van der Waals surface area contributed by atoms with Crippen LogP contribution < -0.4 is 4.90 Å². The molecule has 29 heavy (non-hydrogen) atoms. The van der Waals surface area contributed by atoms with E-state index in [1.54, 1.807) is 0 Å². The van der Waals surface area contributed by atoms with Crippen LogP contribution in [-0.4, -0.2) is 56.7 Å². The van der Waals surface area contributed by atoms with Crippen molar-refractivity contribution < 1.29 is 5.11 Å². The summed E-state index contributed by atoms with van der Waals surface area (Å²) >= 11 is 0. The molecule has 152 valence electrons. The number of aliphatic hydroxyl groups is 1. The summed E-state index contributed by atoms with van der Waals surface area (Å²) in [6.45, 7) is 6.36. The summed E-state index contributed by atoms with van der Waals surface area (Å²) in [5.41, 5.74) is 4.51. The molecule has 4 heterocycles. The normalized spacial score (nSPS) is 19.9. The first-order chi connectivity index (χ1) is 14.2. The maximum Gasteiger partial charge on any atom is 0.180 e. The lowest BCUT2D eigenvalue weighted by Crippen LogP contribution is -2.36. The summed E-state index contributed by atoms with van der Waals surface area (Å²) in [4.78, 5) is 14.1. The average Bonchev–Trinajstić information content (AvgIpc) is 3.44. The minimum atomic E-state index is -0.192. The van der Waals surface area contributed by atoms with Crippen LogP contribution in [0.2, 0.25) is 0 Å². The average molecular weight is 392 g/mol. The molecule has 2 saturated heterocycles. The number of benzene rings is 1. The zero-order chi connectivity index (χ0) is 19.8. The van der Waals surface area contributed by atoms with Gasteiger partial charge in [0, 0.05) is 37.1 Å². The molecule has 2 aromatic heterocycles. The lowest BCUT2D eigenvalue weighted by Gasteiger charge is -2.30. The monoisotopic (exact) mass is 391 g/mol. The lowest BCUT2D eigenvalue weighted by atomic mass is 10.0. The molecule has 2 fully saturated rings. The van der Waals surface area contributed by atoms with Gasteiger partial charge in [-0.2, -0.15) is 0 Å². The summed E-state index contributed by atoms with van der Waals surface area (Å²) in [6, 6.07) is 9.40. The Morgan fingerprint density at radius 2 is 1.72 bits per heavy atom. The second kappa shape index (κ2) is 7.76. The number of imidazole rings is 1. The Labute approximate surface area is 171 Å². The predicted molar refractivity (Wildman–Crippen MR) is 115 cm³/mol. The van der Waals surface area contributed by atoms with Crippen LogP contribution in [0.15, 0.2) is 42.9 Å². The zero-order valence-electron chi connectivity index (χ0n) is 17.0. The fourth-order valence-electron chi connectivity index (χ4n) is 4.69. The van der Waals surface area contributed by atoms with E-state index in [0.29, 0.717) is 6.04 Å². The minimum absolute atomic E-state index is 0.192. The standard InChI is InChI=1S/C23H29N5O/c1-17(26-11-2-3-12-26)18-4-6-19(7-5-18)21-16-25-23-22(24-10-15-28(21)23)27-13-8-20(29)9-14-27/h4-7,10,15-17,20,29H,2-3,8-9,11-14H2,1H3. The second-order valence-electron chi connectivity index (χ2n) is 8.35. The molecule has 1 N–H and O–H groups in total. The van der Waals surface area contributed by atoms with Gasteiger partial charge < -0.3 is 10.0 Å². The van der Waals surface area contributed by atoms with Crippen molar-refractivity contribution in [3.05, 3.63) is 48.4 Å². The van der Waals surface area contributed by atoms with Gasteiger partial charge in [0.1, 0.15) is 0 Å². The van der Waals surface area contributed by atoms with Crippen molar-refractivity contribution in [1.29, 1.82) is 0 Å². The van der Waals surface area contributed by atoms with Gasteiger partial charge in [0.05, 0.1) is 18.0 Å². The van der Waals surface area contributed by atoms with Crippen LogP contribution in [0.1, 0.15) is 44.2 Å². The van der Waals surface area contributed by atoms with Crippen LogP contribution in [-0.2, 0) is 0 Å². The highest BCUT2D eigenvalue weighted by Gasteiger charge is 2.22. The van der Waals surface area contributed by atoms with E-state index in [0.717, 1.165) is 43.1 Å². The maximum atomic E-state index is 9.80. The van der Waals surface area contributed by atoms with Gasteiger partial charge in [0.15, 0.2) is 11.5 Å². The Hall–Kier alpha value is -2.44. The van der Waals surface area contributed by atoms with Gasteiger partial charge in [-0.05, 0) is 51.3 Å². The number of aromatic nitrogens is 3. The maximum absolute atomic E-state index is 9.80. The van der Waals surface area contributed by atoms with E-state index in [1.165, 1.54) is 37.1 Å². The van der Waals surface area contributed by atoms with Crippen molar-refractivity contribution in [1.82, 2.24) is 19.3 Å². The molecule has 6 nitrogen and oxygen atoms in total. The number of anilines is 1. The molecule has 3 aromatic rings. The highest BCUT2D eigenvalue weighted by molar-refractivity contribution is 5.71. The van der Waals surface area contributed by atoms with Crippen molar-refractivity contribution in [3.8, 4) is 11.3 Å². The molecule has 1 aromatic carbocycles. The van der Waals surface area contributed by atoms with Gasteiger partial charge in [-0.1, -0.05) is 24.3 Å². The third-order valence-corrected chi connectivity index (χ3v) is 6.55. The molecule has 0 spiro atoms. The highest BCUT2D eigenvalue weighted by Crippen LogP contribution is 2.29. The topological polar surface area (TPSA) is 56.9 Å². The molecule has 5 rings (SSSR count). The first-order valence-corrected chi connectivity index (χ1v) is 10.8. The van der Waals surface area contributed by atoms with Gasteiger partial charge in [-0.15, -0.1) is 0 Å². The van der Waals surface area contributed by atoms with Crippen molar-refractivity contribution in [2.45, 2.75) is 44.8 Å². The molecule has 0 radical (unpaired) electrons. The third kappa shape index (κ3) is 3.51. The molecule has 0 saturated carbocycles. The number of likely N-dealkylation sites (tertiary alicyclic amines) is 1. The van der Waals surface area contributed by atoms with Crippen LogP contribution in [0, 0.1) is 0 Å². The zero-order valence-corrected chi connectivity index (χ0v) is 17.0. The second-order valence-corrected chi connectivity index (χ2v) is 8.35. The van der Waals surface area contributed by atoms with Crippen LogP contribution in [0.4, 0.5) is 5.82 Å². The molecule has 1 atom stereocenters. The van der Waals surface area contributed by atoms with Gasteiger partial charge in [0.25, 0.3) is 0 Å². The molecule has 0 amide bonds. The Kier molecular flexibility index (Phi) is 4.97. The molecule has 0 aliphatic carbocycles. The van der Waals surface area contributed by atoms with E-state index in [9.17, 15) is 5.11 Å². The van der Waals surface area contributed by atoms with Gasteiger partial charge in [-0.3, -0.25) is 9.30 Å². The number of rotatable bonds is 4. The Bertz CT molecular complexity index is 969. The lowest BCUT2D eigenvalue weighted by molar-refractivity contribution is 0.145. The minimum Gasteiger partial charge on any atom is -0.393 e. The van der Waals surface area contributed by atoms with E-state index in [4.69, 9.17) is 4.98 Å². The van der Waals surface area contributed by atoms with E-state index < -0.39 is 0 Å².